The van der Waals surface area contributed by atoms with Gasteiger partial charge in [-0.15, -0.1) is 6.58 Å². The molecule has 8 heteroatoms. The lowest BCUT2D eigenvalue weighted by Gasteiger charge is -2.28. The lowest BCUT2D eigenvalue weighted by Crippen LogP contribution is -2.36. The molecule has 0 amide bonds. The summed E-state index contributed by atoms with van der Waals surface area (Å²) in [6, 6.07) is 8.29. The molecule has 2 atom stereocenters. The summed E-state index contributed by atoms with van der Waals surface area (Å²) in [5, 5.41) is -0.409. The minimum atomic E-state index is -3.27. The Kier molecular flexibility index (Phi) is 9.48. The smallest absolute Gasteiger partial charge is 0.215 e. The molecule has 31 heavy (non-hydrogen) atoms. The summed E-state index contributed by atoms with van der Waals surface area (Å²) in [5.41, 5.74) is 3.61. The summed E-state index contributed by atoms with van der Waals surface area (Å²) in [4.78, 5) is 0. The zero-order valence-electron chi connectivity index (χ0n) is 18.8. The van der Waals surface area contributed by atoms with Crippen LogP contribution in [0.1, 0.15) is 51.2 Å². The van der Waals surface area contributed by atoms with Crippen molar-refractivity contribution in [2.45, 2.75) is 51.7 Å². The lowest BCUT2D eigenvalue weighted by molar-refractivity contribution is 0.334. The Labute approximate surface area is 188 Å². The molecule has 6 nitrogen and oxygen atoms in total. The van der Waals surface area contributed by atoms with E-state index in [0.29, 0.717) is 31.3 Å². The molecule has 0 radical (unpaired) electrons. The molecule has 2 unspecified atom stereocenters. The maximum absolute atomic E-state index is 12.0. The van der Waals surface area contributed by atoms with Crippen LogP contribution in [0.4, 0.5) is 0 Å². The highest BCUT2D eigenvalue weighted by Crippen LogP contribution is 2.34. The molecule has 2 rings (SSSR count). The molecule has 0 aromatic heterocycles. The molecule has 174 valence electrons. The van der Waals surface area contributed by atoms with Crippen molar-refractivity contribution >= 4 is 25.6 Å². The summed E-state index contributed by atoms with van der Waals surface area (Å²) in [6.07, 6.45) is 7.27. The van der Waals surface area contributed by atoms with E-state index in [1.54, 1.807) is 13.8 Å². The second-order valence-corrected chi connectivity index (χ2v) is 12.8. The highest BCUT2D eigenvalue weighted by molar-refractivity contribution is 7.90. The van der Waals surface area contributed by atoms with E-state index in [-0.39, 0.29) is 5.75 Å². The van der Waals surface area contributed by atoms with Crippen LogP contribution in [0.5, 0.6) is 0 Å². The standard InChI is InChI=1S/C23H36N2O4S2/c1-5-16-30(26,27)24-15-14-20-6-8-22(9-7-20)23-12-10-21(11-13-23)19(4)17-25-31(28,29)18(2)3/h5-9,12,18-19,21,24-25H,1,10-11,13-17H2,2-4H3. The molecule has 0 heterocycles. The van der Waals surface area contributed by atoms with Gasteiger partial charge in [-0.3, -0.25) is 0 Å². The van der Waals surface area contributed by atoms with E-state index in [1.807, 2.05) is 12.1 Å². The van der Waals surface area contributed by atoms with E-state index in [0.717, 1.165) is 24.8 Å². The first-order valence-electron chi connectivity index (χ1n) is 10.9. The molecule has 0 bridgehead atoms. The van der Waals surface area contributed by atoms with Gasteiger partial charge in [0.15, 0.2) is 0 Å². The van der Waals surface area contributed by atoms with Gasteiger partial charge < -0.3 is 0 Å². The number of nitrogens with one attached hydrogen (secondary N) is 2. The normalized spacial score (nSPS) is 18.6. The first-order chi connectivity index (χ1) is 14.5. The fourth-order valence-electron chi connectivity index (χ4n) is 3.66. The predicted molar refractivity (Wildman–Crippen MR) is 129 cm³/mol. The molecule has 0 aliphatic heterocycles. The Bertz CT molecular complexity index is 965. The van der Waals surface area contributed by atoms with Crippen molar-refractivity contribution < 1.29 is 16.8 Å². The van der Waals surface area contributed by atoms with Gasteiger partial charge in [0.25, 0.3) is 0 Å². The lowest BCUT2D eigenvalue weighted by atomic mass is 9.80. The minimum Gasteiger partial charge on any atom is -0.215 e. The van der Waals surface area contributed by atoms with Crippen LogP contribution in [0.3, 0.4) is 0 Å². The van der Waals surface area contributed by atoms with E-state index >= 15 is 0 Å². The molecular formula is C23H36N2O4S2. The van der Waals surface area contributed by atoms with Crippen molar-refractivity contribution in [3.05, 3.63) is 54.1 Å². The molecule has 0 spiro atoms. The van der Waals surface area contributed by atoms with Crippen LogP contribution >= 0.6 is 0 Å². The highest BCUT2D eigenvalue weighted by atomic mass is 32.2. The zero-order valence-corrected chi connectivity index (χ0v) is 20.4. The molecule has 2 N–H and O–H groups in total. The van der Waals surface area contributed by atoms with Crippen LogP contribution in [-0.4, -0.2) is 40.9 Å². The summed E-state index contributed by atoms with van der Waals surface area (Å²) >= 11 is 0. The zero-order chi connectivity index (χ0) is 23.1. The van der Waals surface area contributed by atoms with E-state index in [2.05, 4.69) is 41.2 Å². The fourth-order valence-corrected chi connectivity index (χ4v) is 5.33. The number of sulfonamides is 2. The molecule has 1 aliphatic rings. The topological polar surface area (TPSA) is 92.3 Å². The van der Waals surface area contributed by atoms with Gasteiger partial charge in [0.2, 0.25) is 20.0 Å². The Hall–Kier alpha value is -1.48. The quantitative estimate of drug-likeness (QED) is 0.459. The second-order valence-electron chi connectivity index (χ2n) is 8.59. The van der Waals surface area contributed by atoms with E-state index < -0.39 is 25.3 Å². The SMILES string of the molecule is C=CCS(=O)(=O)NCCc1ccc(C2=CCC(C(C)CNS(=O)(=O)C(C)C)CC2)cc1. The van der Waals surface area contributed by atoms with Crippen molar-refractivity contribution in [3.63, 3.8) is 0 Å². The fraction of sp³-hybridized carbons (Fsp3) is 0.565. The van der Waals surface area contributed by atoms with E-state index in [1.165, 1.54) is 17.2 Å². The maximum atomic E-state index is 12.0. The van der Waals surface area contributed by atoms with Crippen LogP contribution < -0.4 is 9.44 Å². The highest BCUT2D eigenvalue weighted by Gasteiger charge is 2.23. The molecule has 0 saturated heterocycles. The Balaban J connectivity index is 1.85. The van der Waals surface area contributed by atoms with Crippen molar-refractivity contribution in [2.24, 2.45) is 11.8 Å². The van der Waals surface area contributed by atoms with E-state index in [9.17, 15) is 16.8 Å². The van der Waals surface area contributed by atoms with Gasteiger partial charge in [0.05, 0.1) is 11.0 Å². The second kappa shape index (κ2) is 11.4. The third-order valence-electron chi connectivity index (χ3n) is 5.88. The Morgan fingerprint density at radius 1 is 1.10 bits per heavy atom. The summed E-state index contributed by atoms with van der Waals surface area (Å²) in [7, 11) is -6.49. The van der Waals surface area contributed by atoms with Gasteiger partial charge >= 0.3 is 0 Å². The first kappa shape index (κ1) is 25.8. The predicted octanol–water partition coefficient (Wildman–Crippen LogP) is 3.48. The number of allylic oxidation sites excluding steroid dienone is 2. The van der Waals surface area contributed by atoms with Gasteiger partial charge in [-0.05, 0) is 68.1 Å². The molecule has 0 saturated carbocycles. The molecule has 1 aromatic rings. The van der Waals surface area contributed by atoms with E-state index in [4.69, 9.17) is 0 Å². The minimum absolute atomic E-state index is 0.0662. The largest absolute Gasteiger partial charge is 0.215 e. The molecule has 1 aromatic carbocycles. The third kappa shape index (κ3) is 8.18. The van der Waals surface area contributed by atoms with Gasteiger partial charge in [-0.25, -0.2) is 26.3 Å². The van der Waals surface area contributed by atoms with Crippen molar-refractivity contribution in [1.82, 2.24) is 9.44 Å². The maximum Gasteiger partial charge on any atom is 0.215 e. The van der Waals surface area contributed by atoms with Crippen LogP contribution in [0.2, 0.25) is 0 Å². The number of hydrogen-bond donors (Lipinski definition) is 2. The molecular weight excluding hydrogens is 432 g/mol. The average molecular weight is 469 g/mol. The van der Waals surface area contributed by atoms with Crippen LogP contribution in [-0.2, 0) is 26.5 Å². The van der Waals surface area contributed by atoms with Gasteiger partial charge in [0.1, 0.15) is 0 Å². The Morgan fingerprint density at radius 2 is 1.77 bits per heavy atom. The number of rotatable bonds is 12. The summed E-state index contributed by atoms with van der Waals surface area (Å²) in [6.45, 7) is 9.81. The van der Waals surface area contributed by atoms with Crippen LogP contribution in [0.15, 0.2) is 43.0 Å². The van der Waals surface area contributed by atoms with Gasteiger partial charge in [0, 0.05) is 13.1 Å². The van der Waals surface area contributed by atoms with Gasteiger partial charge in [-0.2, -0.15) is 0 Å². The molecule has 0 fully saturated rings. The van der Waals surface area contributed by atoms with Crippen molar-refractivity contribution in [1.29, 1.82) is 0 Å². The van der Waals surface area contributed by atoms with Crippen molar-refractivity contribution in [3.8, 4) is 0 Å². The number of hydrogen-bond acceptors (Lipinski definition) is 4. The molecule has 1 aliphatic carbocycles. The monoisotopic (exact) mass is 468 g/mol. The van der Waals surface area contributed by atoms with Crippen LogP contribution in [0, 0.1) is 11.8 Å². The van der Waals surface area contributed by atoms with Gasteiger partial charge in [-0.1, -0.05) is 43.3 Å². The summed E-state index contributed by atoms with van der Waals surface area (Å²) < 4.78 is 52.6. The average Bonchev–Trinajstić information content (AvgIpc) is 2.72. The van der Waals surface area contributed by atoms with Crippen LogP contribution in [0.25, 0.3) is 5.57 Å². The number of benzene rings is 1. The third-order valence-corrected chi connectivity index (χ3v) is 9.01. The Morgan fingerprint density at radius 3 is 2.32 bits per heavy atom. The summed E-state index contributed by atoms with van der Waals surface area (Å²) in [5.74, 6) is 0.698. The van der Waals surface area contributed by atoms with Crippen molar-refractivity contribution in [2.75, 3.05) is 18.8 Å². The first-order valence-corrected chi connectivity index (χ1v) is 14.1.